The van der Waals surface area contributed by atoms with Gasteiger partial charge in [0.1, 0.15) is 28.0 Å². The van der Waals surface area contributed by atoms with Crippen molar-refractivity contribution in [3.8, 4) is 17.2 Å². The van der Waals surface area contributed by atoms with Gasteiger partial charge in [-0.05, 0) is 61.5 Å². The first-order valence-electron chi connectivity index (χ1n) is 9.83. The molecule has 0 aliphatic rings. The number of halogens is 1. The minimum Gasteiger partial charge on any atom is -0.497 e. The molecule has 7 nitrogen and oxygen atoms in total. The van der Waals surface area contributed by atoms with Gasteiger partial charge in [-0.25, -0.2) is 9.67 Å². The molecule has 0 fully saturated rings. The molecule has 0 spiro atoms. The average molecular weight is 469 g/mol. The standard InChI is InChI=1S/C23H21ClN4O3S/c1-15-22(32-21(26-15)14-31-20-7-3-16(24)4-8-20)23(29)25-13-17-11-12-28(27-17)18-5-9-19(30-2)10-6-18/h3-12H,13-14H2,1-2H3,(H,25,29). The highest BCUT2D eigenvalue weighted by molar-refractivity contribution is 7.13. The molecule has 1 N–H and O–H groups in total. The van der Waals surface area contributed by atoms with Crippen LogP contribution in [0.25, 0.3) is 5.69 Å². The molecule has 4 rings (SSSR count). The molecule has 0 unspecified atom stereocenters. The van der Waals surface area contributed by atoms with Crippen molar-refractivity contribution < 1.29 is 14.3 Å². The molecule has 0 saturated carbocycles. The third-order valence-electron chi connectivity index (χ3n) is 4.63. The Morgan fingerprint density at radius 3 is 2.53 bits per heavy atom. The second-order valence-electron chi connectivity index (χ2n) is 6.90. The van der Waals surface area contributed by atoms with Crippen LogP contribution in [0.4, 0.5) is 0 Å². The van der Waals surface area contributed by atoms with Gasteiger partial charge in [-0.3, -0.25) is 4.79 Å². The molecule has 0 bridgehead atoms. The van der Waals surface area contributed by atoms with E-state index in [0.717, 1.165) is 22.1 Å². The third-order valence-corrected chi connectivity index (χ3v) is 6.02. The molecule has 164 valence electrons. The topological polar surface area (TPSA) is 78.3 Å². The number of hydrogen-bond donors (Lipinski definition) is 1. The van der Waals surface area contributed by atoms with Gasteiger partial charge in [0.2, 0.25) is 0 Å². The number of rotatable bonds is 8. The number of amides is 1. The van der Waals surface area contributed by atoms with Gasteiger partial charge in [0.05, 0.1) is 30.7 Å². The van der Waals surface area contributed by atoms with Crippen molar-refractivity contribution in [1.29, 1.82) is 0 Å². The van der Waals surface area contributed by atoms with E-state index in [4.69, 9.17) is 21.1 Å². The second-order valence-corrected chi connectivity index (χ2v) is 8.42. The highest BCUT2D eigenvalue weighted by Crippen LogP contribution is 2.22. The van der Waals surface area contributed by atoms with Gasteiger partial charge >= 0.3 is 0 Å². The quantitative estimate of drug-likeness (QED) is 0.401. The SMILES string of the molecule is COc1ccc(-n2ccc(CNC(=O)c3sc(COc4ccc(Cl)cc4)nc3C)n2)cc1. The maximum atomic E-state index is 12.7. The van der Waals surface area contributed by atoms with Crippen LogP contribution >= 0.6 is 22.9 Å². The fraction of sp³-hybridized carbons (Fsp3) is 0.174. The van der Waals surface area contributed by atoms with Crippen LogP contribution in [0.5, 0.6) is 11.5 Å². The lowest BCUT2D eigenvalue weighted by molar-refractivity contribution is 0.0953. The predicted molar refractivity (Wildman–Crippen MR) is 124 cm³/mol. The zero-order chi connectivity index (χ0) is 22.5. The largest absolute Gasteiger partial charge is 0.497 e. The second kappa shape index (κ2) is 9.84. The number of ether oxygens (including phenoxy) is 2. The van der Waals surface area contributed by atoms with E-state index in [1.807, 2.05) is 43.5 Å². The predicted octanol–water partition coefficient (Wildman–Crippen LogP) is 4.81. The van der Waals surface area contributed by atoms with E-state index in [1.165, 1.54) is 11.3 Å². The number of benzene rings is 2. The number of methoxy groups -OCH3 is 1. The Hall–Kier alpha value is -3.36. The van der Waals surface area contributed by atoms with Crippen molar-refractivity contribution in [2.45, 2.75) is 20.1 Å². The molecule has 0 saturated heterocycles. The summed E-state index contributed by atoms with van der Waals surface area (Å²) in [5, 5.41) is 8.81. The molecule has 0 radical (unpaired) electrons. The van der Waals surface area contributed by atoms with Crippen LogP contribution in [0.1, 0.15) is 26.1 Å². The third kappa shape index (κ3) is 5.27. The van der Waals surface area contributed by atoms with Gasteiger partial charge in [-0.1, -0.05) is 11.6 Å². The summed E-state index contributed by atoms with van der Waals surface area (Å²) in [6.07, 6.45) is 1.85. The lowest BCUT2D eigenvalue weighted by atomic mass is 10.3. The summed E-state index contributed by atoms with van der Waals surface area (Å²) in [5.74, 6) is 1.30. The fourth-order valence-electron chi connectivity index (χ4n) is 2.99. The molecule has 0 aliphatic carbocycles. The van der Waals surface area contributed by atoms with Crippen LogP contribution < -0.4 is 14.8 Å². The van der Waals surface area contributed by atoms with Gasteiger partial charge in [-0.15, -0.1) is 11.3 Å². The Kier molecular flexibility index (Phi) is 6.72. The van der Waals surface area contributed by atoms with Crippen molar-refractivity contribution in [1.82, 2.24) is 20.1 Å². The Labute approximate surface area is 194 Å². The van der Waals surface area contributed by atoms with Crippen molar-refractivity contribution in [3.05, 3.63) is 87.1 Å². The maximum Gasteiger partial charge on any atom is 0.263 e. The van der Waals surface area contributed by atoms with Gasteiger partial charge in [0.15, 0.2) is 0 Å². The first-order chi connectivity index (χ1) is 15.5. The van der Waals surface area contributed by atoms with Gasteiger partial charge in [-0.2, -0.15) is 5.10 Å². The monoisotopic (exact) mass is 468 g/mol. The number of carbonyl (C=O) groups is 1. The lowest BCUT2D eigenvalue weighted by Crippen LogP contribution is -2.22. The van der Waals surface area contributed by atoms with Crippen molar-refractivity contribution in [2.75, 3.05) is 7.11 Å². The smallest absolute Gasteiger partial charge is 0.263 e. The first-order valence-corrected chi connectivity index (χ1v) is 11.0. The summed E-state index contributed by atoms with van der Waals surface area (Å²) in [5.41, 5.74) is 2.33. The maximum absolute atomic E-state index is 12.7. The van der Waals surface area contributed by atoms with Gasteiger partial charge < -0.3 is 14.8 Å². The number of nitrogens with one attached hydrogen (secondary N) is 1. The lowest BCUT2D eigenvalue weighted by Gasteiger charge is -2.04. The number of nitrogens with zero attached hydrogens (tertiary/aromatic N) is 3. The van der Waals surface area contributed by atoms with Crippen LogP contribution in [0, 0.1) is 6.92 Å². The Bertz CT molecular complexity index is 1200. The summed E-state index contributed by atoms with van der Waals surface area (Å²) in [7, 11) is 1.63. The van der Waals surface area contributed by atoms with E-state index >= 15 is 0 Å². The average Bonchev–Trinajstić information content (AvgIpc) is 3.44. The fourth-order valence-corrected chi connectivity index (χ4v) is 4.01. The van der Waals surface area contributed by atoms with Crippen LogP contribution in [-0.4, -0.2) is 27.8 Å². The molecule has 2 heterocycles. The van der Waals surface area contributed by atoms with Gasteiger partial charge in [0.25, 0.3) is 5.91 Å². The Balaban J connectivity index is 1.34. The highest BCUT2D eigenvalue weighted by Gasteiger charge is 2.16. The minimum atomic E-state index is -0.184. The first kappa shape index (κ1) is 21.9. The molecule has 0 atom stereocenters. The normalized spacial score (nSPS) is 10.7. The van der Waals surface area contributed by atoms with E-state index in [0.29, 0.717) is 27.9 Å². The summed E-state index contributed by atoms with van der Waals surface area (Å²) < 4.78 is 12.7. The zero-order valence-corrected chi connectivity index (χ0v) is 19.1. The molecule has 9 heteroatoms. The van der Waals surface area contributed by atoms with E-state index in [-0.39, 0.29) is 12.5 Å². The molecule has 0 aliphatic heterocycles. The molecular formula is C23H21ClN4O3S. The zero-order valence-electron chi connectivity index (χ0n) is 17.5. The minimum absolute atomic E-state index is 0.184. The molecule has 2 aromatic carbocycles. The van der Waals surface area contributed by atoms with Crippen molar-refractivity contribution in [2.24, 2.45) is 0 Å². The van der Waals surface area contributed by atoms with Crippen LogP contribution in [-0.2, 0) is 13.2 Å². The summed E-state index contributed by atoms with van der Waals surface area (Å²) in [6.45, 7) is 2.41. The number of thiazole rings is 1. The molecular weight excluding hydrogens is 448 g/mol. The van der Waals surface area contributed by atoms with Crippen LogP contribution in [0.2, 0.25) is 5.02 Å². The van der Waals surface area contributed by atoms with Crippen molar-refractivity contribution >= 4 is 28.8 Å². The number of aromatic nitrogens is 3. The molecule has 32 heavy (non-hydrogen) atoms. The number of carbonyl (C=O) groups excluding carboxylic acids is 1. The molecule has 4 aromatic rings. The molecule has 1 amide bonds. The Morgan fingerprint density at radius 1 is 1.09 bits per heavy atom. The number of aryl methyl sites for hydroxylation is 1. The number of hydrogen-bond acceptors (Lipinski definition) is 6. The van der Waals surface area contributed by atoms with E-state index < -0.39 is 0 Å². The van der Waals surface area contributed by atoms with Crippen LogP contribution in [0.3, 0.4) is 0 Å². The van der Waals surface area contributed by atoms with E-state index in [2.05, 4.69) is 15.4 Å². The van der Waals surface area contributed by atoms with Crippen molar-refractivity contribution in [3.63, 3.8) is 0 Å². The molecule has 2 aromatic heterocycles. The van der Waals surface area contributed by atoms with Gasteiger partial charge in [0, 0.05) is 11.2 Å². The van der Waals surface area contributed by atoms with E-state index in [1.54, 1.807) is 36.1 Å². The summed E-state index contributed by atoms with van der Waals surface area (Å²) >= 11 is 7.20. The highest BCUT2D eigenvalue weighted by atomic mass is 35.5. The van der Waals surface area contributed by atoms with Crippen LogP contribution in [0.15, 0.2) is 60.8 Å². The van der Waals surface area contributed by atoms with E-state index in [9.17, 15) is 4.79 Å². The Morgan fingerprint density at radius 2 is 1.81 bits per heavy atom. The summed E-state index contributed by atoms with van der Waals surface area (Å²) in [6, 6.07) is 16.6. The summed E-state index contributed by atoms with van der Waals surface area (Å²) in [4.78, 5) is 17.7.